The van der Waals surface area contributed by atoms with Gasteiger partial charge in [0.15, 0.2) is 0 Å². The molecule has 1 aromatic rings. The summed E-state index contributed by atoms with van der Waals surface area (Å²) in [7, 11) is 1.70. The fourth-order valence-electron chi connectivity index (χ4n) is 1.44. The molecule has 5 nitrogen and oxygen atoms in total. The lowest BCUT2D eigenvalue weighted by molar-refractivity contribution is -0.143. The fourth-order valence-corrected chi connectivity index (χ4v) is 3.02. The Balaban J connectivity index is 2.19. The molecule has 0 bridgehead atoms. The van der Waals surface area contributed by atoms with Crippen molar-refractivity contribution in [2.45, 2.75) is 26.0 Å². The minimum Gasteiger partial charge on any atom is -0.466 e. The average molecular weight is 316 g/mol. The molecule has 0 saturated carbocycles. The van der Waals surface area contributed by atoms with E-state index in [0.717, 1.165) is 16.5 Å². The number of thioether (sulfide) groups is 1. The highest BCUT2D eigenvalue weighted by Gasteiger charge is 2.11. The Bertz CT molecular complexity index is 449. The number of hydrogen-bond donors (Lipinski definition) is 0. The topological polar surface area (TPSA) is 59.5 Å². The van der Waals surface area contributed by atoms with Crippen LogP contribution in [0.1, 0.15) is 24.0 Å². The molecule has 0 N–H and O–H groups in total. The number of aryl methyl sites for hydroxylation is 1. The van der Waals surface area contributed by atoms with Gasteiger partial charge in [0.25, 0.3) is 0 Å². The van der Waals surface area contributed by atoms with Gasteiger partial charge in [-0.15, -0.1) is 23.1 Å². The number of ether oxygens (including phenoxy) is 1. The average Bonchev–Trinajstić information content (AvgIpc) is 2.82. The van der Waals surface area contributed by atoms with Crippen LogP contribution in [0.15, 0.2) is 5.38 Å². The first-order valence-corrected chi connectivity index (χ1v) is 8.44. The molecule has 20 heavy (non-hydrogen) atoms. The first-order valence-electron chi connectivity index (χ1n) is 6.41. The molecular weight excluding hydrogens is 296 g/mol. The molecule has 0 aliphatic heterocycles. The largest absolute Gasteiger partial charge is 0.466 e. The van der Waals surface area contributed by atoms with Crippen LogP contribution in [0.25, 0.3) is 0 Å². The van der Waals surface area contributed by atoms with E-state index in [1.54, 1.807) is 30.2 Å². The first kappa shape index (κ1) is 17.0. The molecule has 0 aromatic carbocycles. The molecule has 1 rings (SSSR count). The van der Waals surface area contributed by atoms with Gasteiger partial charge in [0.2, 0.25) is 5.91 Å². The second kappa shape index (κ2) is 8.97. The van der Waals surface area contributed by atoms with Gasteiger partial charge < -0.3 is 9.64 Å². The van der Waals surface area contributed by atoms with Crippen molar-refractivity contribution >= 4 is 35.0 Å². The van der Waals surface area contributed by atoms with E-state index in [4.69, 9.17) is 4.74 Å². The highest BCUT2D eigenvalue weighted by Crippen LogP contribution is 2.15. The molecule has 0 aliphatic carbocycles. The molecule has 0 fully saturated rings. The maximum Gasteiger partial charge on any atom is 0.307 e. The summed E-state index contributed by atoms with van der Waals surface area (Å²) in [4.78, 5) is 29.0. The summed E-state index contributed by atoms with van der Waals surface area (Å²) < 4.78 is 4.82. The van der Waals surface area contributed by atoms with E-state index < -0.39 is 0 Å². The lowest BCUT2D eigenvalue weighted by atomic mass is 10.4. The van der Waals surface area contributed by atoms with E-state index in [1.807, 2.05) is 12.3 Å². The summed E-state index contributed by atoms with van der Waals surface area (Å²) in [5, 5.41) is 3.05. The van der Waals surface area contributed by atoms with Gasteiger partial charge in [-0.3, -0.25) is 9.59 Å². The number of thiazole rings is 1. The minimum absolute atomic E-state index is 0.0197. The standard InChI is InChI=1S/C13H20N2O3S2/c1-4-18-13(17)5-6-15(3)12(16)9-19-7-11-8-20-10(2)14-11/h8H,4-7,9H2,1-3H3. The molecule has 1 amide bonds. The third-order valence-corrected chi connectivity index (χ3v) is 4.30. The number of hydrogen-bond acceptors (Lipinski definition) is 6. The third-order valence-electron chi connectivity index (χ3n) is 2.52. The highest BCUT2D eigenvalue weighted by atomic mass is 32.2. The van der Waals surface area contributed by atoms with Crippen molar-refractivity contribution < 1.29 is 14.3 Å². The maximum absolute atomic E-state index is 11.8. The summed E-state index contributed by atoms with van der Waals surface area (Å²) in [5.74, 6) is 0.890. The van der Waals surface area contributed by atoms with Gasteiger partial charge in [0.05, 0.1) is 29.5 Å². The Morgan fingerprint density at radius 2 is 2.25 bits per heavy atom. The van der Waals surface area contributed by atoms with Crippen molar-refractivity contribution in [2.24, 2.45) is 0 Å². The highest BCUT2D eigenvalue weighted by molar-refractivity contribution is 7.99. The Labute approximate surface area is 127 Å². The van der Waals surface area contributed by atoms with E-state index in [-0.39, 0.29) is 18.3 Å². The molecule has 112 valence electrons. The summed E-state index contributed by atoms with van der Waals surface area (Å²) >= 11 is 3.15. The van der Waals surface area contributed by atoms with Crippen LogP contribution in [0.3, 0.4) is 0 Å². The summed E-state index contributed by atoms with van der Waals surface area (Å²) in [6.45, 7) is 4.50. The predicted molar refractivity (Wildman–Crippen MR) is 81.9 cm³/mol. The zero-order valence-corrected chi connectivity index (χ0v) is 13.7. The number of carbonyl (C=O) groups excluding carboxylic acids is 2. The van der Waals surface area contributed by atoms with Crippen molar-refractivity contribution in [3.63, 3.8) is 0 Å². The second-order valence-electron chi connectivity index (χ2n) is 4.22. The number of nitrogens with zero attached hydrogens (tertiary/aromatic N) is 2. The number of amides is 1. The van der Waals surface area contributed by atoms with E-state index >= 15 is 0 Å². The van der Waals surface area contributed by atoms with Crippen LogP contribution in [0.2, 0.25) is 0 Å². The second-order valence-corrected chi connectivity index (χ2v) is 6.27. The van der Waals surface area contributed by atoms with Gasteiger partial charge in [-0.2, -0.15) is 0 Å². The number of esters is 1. The molecule has 0 aliphatic rings. The number of rotatable bonds is 8. The molecule has 0 atom stereocenters. The van der Waals surface area contributed by atoms with Gasteiger partial charge in [-0.1, -0.05) is 0 Å². The van der Waals surface area contributed by atoms with Gasteiger partial charge >= 0.3 is 5.97 Å². The van der Waals surface area contributed by atoms with Crippen molar-refractivity contribution in [1.29, 1.82) is 0 Å². The van der Waals surface area contributed by atoms with Crippen molar-refractivity contribution in [2.75, 3.05) is 26.0 Å². The molecule has 0 radical (unpaired) electrons. The smallest absolute Gasteiger partial charge is 0.307 e. The fraction of sp³-hybridized carbons (Fsp3) is 0.615. The Morgan fingerprint density at radius 3 is 2.85 bits per heavy atom. The summed E-state index contributed by atoms with van der Waals surface area (Å²) in [6, 6.07) is 0. The zero-order valence-electron chi connectivity index (χ0n) is 12.0. The van der Waals surface area contributed by atoms with Gasteiger partial charge in [-0.25, -0.2) is 4.98 Å². The quantitative estimate of drug-likeness (QED) is 0.687. The Morgan fingerprint density at radius 1 is 1.50 bits per heavy atom. The molecule has 1 aromatic heterocycles. The Kier molecular flexibility index (Phi) is 7.61. The van der Waals surface area contributed by atoms with Crippen LogP contribution in [-0.4, -0.2) is 47.7 Å². The van der Waals surface area contributed by atoms with Gasteiger partial charge in [0.1, 0.15) is 0 Å². The maximum atomic E-state index is 11.8. The number of aromatic nitrogens is 1. The van der Waals surface area contributed by atoms with E-state index in [0.29, 0.717) is 18.9 Å². The van der Waals surface area contributed by atoms with Crippen molar-refractivity contribution in [1.82, 2.24) is 9.88 Å². The predicted octanol–water partition coefficient (Wildman–Crippen LogP) is 2.10. The monoisotopic (exact) mass is 316 g/mol. The third kappa shape index (κ3) is 6.38. The molecule has 0 spiro atoms. The van der Waals surface area contributed by atoms with Crippen LogP contribution in [0.4, 0.5) is 0 Å². The molecule has 7 heteroatoms. The van der Waals surface area contributed by atoms with Crippen LogP contribution in [0, 0.1) is 6.92 Å². The normalized spacial score (nSPS) is 10.3. The molecule has 1 heterocycles. The Hall–Kier alpha value is -1.08. The molecular formula is C13H20N2O3S2. The number of carbonyl (C=O) groups is 2. The zero-order chi connectivity index (χ0) is 15.0. The SMILES string of the molecule is CCOC(=O)CCN(C)C(=O)CSCc1csc(C)n1. The van der Waals surface area contributed by atoms with E-state index in [9.17, 15) is 9.59 Å². The van der Waals surface area contributed by atoms with Crippen LogP contribution in [0.5, 0.6) is 0 Å². The van der Waals surface area contributed by atoms with E-state index in [1.165, 1.54) is 11.8 Å². The van der Waals surface area contributed by atoms with Gasteiger partial charge in [0, 0.05) is 24.7 Å². The van der Waals surface area contributed by atoms with E-state index in [2.05, 4.69) is 4.98 Å². The lowest BCUT2D eigenvalue weighted by Crippen LogP contribution is -2.30. The molecule has 0 unspecified atom stereocenters. The van der Waals surface area contributed by atoms with Gasteiger partial charge in [-0.05, 0) is 13.8 Å². The first-order chi connectivity index (χ1) is 9.52. The molecule has 0 saturated heterocycles. The van der Waals surface area contributed by atoms with Crippen molar-refractivity contribution in [3.8, 4) is 0 Å². The van der Waals surface area contributed by atoms with Crippen LogP contribution >= 0.6 is 23.1 Å². The van der Waals surface area contributed by atoms with Crippen molar-refractivity contribution in [3.05, 3.63) is 16.1 Å². The van der Waals surface area contributed by atoms with Crippen LogP contribution < -0.4 is 0 Å². The minimum atomic E-state index is -0.266. The lowest BCUT2D eigenvalue weighted by Gasteiger charge is -2.16. The van der Waals surface area contributed by atoms with Crippen LogP contribution in [-0.2, 0) is 20.1 Å². The summed E-state index contributed by atoms with van der Waals surface area (Å²) in [6.07, 6.45) is 0.242. The summed E-state index contributed by atoms with van der Waals surface area (Å²) in [5.41, 5.74) is 1.01.